The van der Waals surface area contributed by atoms with Gasteiger partial charge in [0.25, 0.3) is 5.91 Å². The Hall–Kier alpha value is -3.41. The number of aromatic amines is 1. The molecule has 4 N–H and O–H groups in total. The maximum absolute atomic E-state index is 15.5. The number of aliphatic hydroxyl groups is 1. The zero-order valence-electron chi connectivity index (χ0n) is 25.8. The minimum atomic E-state index is -4.39. The van der Waals surface area contributed by atoms with Crippen LogP contribution >= 0.6 is 22.7 Å². The number of halogens is 4. The molecule has 2 fully saturated rings. The molecule has 4 heterocycles. The van der Waals surface area contributed by atoms with E-state index in [2.05, 4.69) is 20.2 Å². The van der Waals surface area contributed by atoms with E-state index in [4.69, 9.17) is 4.74 Å². The molecule has 10 nitrogen and oxygen atoms in total. The Morgan fingerprint density at radius 1 is 1.17 bits per heavy atom. The highest BCUT2D eigenvalue weighted by molar-refractivity contribution is 7.16. The van der Waals surface area contributed by atoms with Gasteiger partial charge in [-0.15, -0.1) is 11.3 Å². The number of rotatable bonds is 10. The van der Waals surface area contributed by atoms with Crippen molar-refractivity contribution in [1.82, 2.24) is 25.1 Å². The Morgan fingerprint density at radius 2 is 1.94 bits per heavy atom. The van der Waals surface area contributed by atoms with Crippen molar-refractivity contribution in [1.29, 1.82) is 0 Å². The van der Waals surface area contributed by atoms with Crippen LogP contribution in [0.1, 0.15) is 51.1 Å². The number of thiazole rings is 2. The van der Waals surface area contributed by atoms with Gasteiger partial charge in [-0.2, -0.15) is 13.2 Å². The standard InChI is InChI=1S/C32H35F4N5O5S2/c33-26-19(6-9-37-15-24(43)21-4-5-23(42)27-28(21)48-30(45)39-27)2-1-3-20(26)16-40-10-7-31(8-11-40)18-41(12-13-46-31)29(44)22-17-47-25(38-22)14-32(34,35)36/h1-5,17,24,37,42-43H,6-16,18H2,(H,39,45). The van der Waals surface area contributed by atoms with Crippen LogP contribution < -0.4 is 10.2 Å². The summed E-state index contributed by atoms with van der Waals surface area (Å²) in [6.45, 7) is 3.21. The van der Waals surface area contributed by atoms with Gasteiger partial charge in [0.1, 0.15) is 27.8 Å². The number of ether oxygens (including phenoxy) is 1. The first kappa shape index (κ1) is 34.5. The number of aromatic nitrogens is 2. The quantitative estimate of drug-likeness (QED) is 0.141. The van der Waals surface area contributed by atoms with Crippen molar-refractivity contribution in [2.24, 2.45) is 0 Å². The summed E-state index contributed by atoms with van der Waals surface area (Å²) in [6, 6.07) is 8.32. The number of H-pyrrole nitrogens is 1. The summed E-state index contributed by atoms with van der Waals surface area (Å²) in [5.41, 5.74) is 1.37. The molecule has 0 aliphatic carbocycles. The Bertz CT molecular complexity index is 1820. The lowest BCUT2D eigenvalue weighted by Crippen LogP contribution is -2.58. The lowest BCUT2D eigenvalue weighted by molar-refractivity contribution is -0.128. The number of phenols is 1. The summed E-state index contributed by atoms with van der Waals surface area (Å²) in [4.78, 5) is 34.8. The number of aromatic hydroxyl groups is 1. The maximum Gasteiger partial charge on any atom is 0.395 e. The highest BCUT2D eigenvalue weighted by Gasteiger charge is 2.41. The molecule has 6 rings (SSSR count). The maximum atomic E-state index is 15.5. The second-order valence-electron chi connectivity index (χ2n) is 12.2. The van der Waals surface area contributed by atoms with E-state index in [9.17, 15) is 33.0 Å². The number of nitrogens with one attached hydrogen (secondary N) is 2. The molecule has 4 aromatic rings. The largest absolute Gasteiger partial charge is 0.506 e. The average Bonchev–Trinajstić information content (AvgIpc) is 3.67. The number of phenolic OH excluding ortho intramolecular Hbond substituents is 1. The molecular formula is C32H35F4N5O5S2. The SMILES string of the molecule is O=C(c1csc(CC(F)(F)F)n1)N1CCOC2(CCN(Cc3cccc(CCNCC(O)c4ccc(O)c5[nH]c(=O)sc45)c3F)CC2)C1. The van der Waals surface area contributed by atoms with E-state index >= 15 is 4.39 Å². The molecule has 0 saturated carbocycles. The van der Waals surface area contributed by atoms with E-state index in [1.54, 1.807) is 23.1 Å². The summed E-state index contributed by atoms with van der Waals surface area (Å²) >= 11 is 1.75. The summed E-state index contributed by atoms with van der Waals surface area (Å²) in [5.74, 6) is -0.744. The number of likely N-dealkylation sites (tertiary alicyclic amines) is 1. The van der Waals surface area contributed by atoms with Crippen molar-refractivity contribution in [2.45, 2.75) is 50.1 Å². The second kappa shape index (κ2) is 14.2. The predicted molar refractivity (Wildman–Crippen MR) is 173 cm³/mol. The number of aliphatic hydroxyl groups excluding tert-OH is 1. The van der Waals surface area contributed by atoms with Crippen LogP contribution in [-0.4, -0.2) is 93.5 Å². The fraction of sp³-hybridized carbons (Fsp3) is 0.469. The number of carbonyl (C=O) groups excluding carboxylic acids is 1. The van der Waals surface area contributed by atoms with Gasteiger partial charge in [-0.3, -0.25) is 14.5 Å². The van der Waals surface area contributed by atoms with E-state index in [-0.39, 0.29) is 33.7 Å². The number of nitrogens with zero attached hydrogens (tertiary/aromatic N) is 3. The molecular weight excluding hydrogens is 675 g/mol. The highest BCUT2D eigenvalue weighted by Crippen LogP contribution is 2.33. The lowest BCUT2D eigenvalue weighted by Gasteiger charge is -2.47. The first-order chi connectivity index (χ1) is 22.9. The molecule has 1 unspecified atom stereocenters. The molecule has 1 spiro atoms. The fourth-order valence-corrected chi connectivity index (χ4v) is 8.04. The van der Waals surface area contributed by atoms with Gasteiger partial charge < -0.3 is 30.2 Å². The normalized spacial score (nSPS) is 17.7. The summed E-state index contributed by atoms with van der Waals surface area (Å²) in [5, 5.41) is 25.1. The number of carbonyl (C=O) groups is 1. The van der Waals surface area contributed by atoms with Gasteiger partial charge in [0.2, 0.25) is 0 Å². The number of hydrogen-bond acceptors (Lipinski definition) is 10. The third-order valence-electron chi connectivity index (χ3n) is 8.83. The van der Waals surface area contributed by atoms with Crippen molar-refractivity contribution < 1.29 is 37.3 Å². The summed E-state index contributed by atoms with van der Waals surface area (Å²) < 4.78 is 60.4. The molecule has 258 valence electrons. The number of amides is 1. The van der Waals surface area contributed by atoms with Crippen molar-refractivity contribution in [3.63, 3.8) is 0 Å². The van der Waals surface area contributed by atoms with Gasteiger partial charge in [-0.1, -0.05) is 35.6 Å². The van der Waals surface area contributed by atoms with Crippen LogP contribution in [-0.2, 0) is 24.1 Å². The minimum absolute atomic E-state index is 0.0188. The van der Waals surface area contributed by atoms with Gasteiger partial charge in [0, 0.05) is 49.2 Å². The smallest absolute Gasteiger partial charge is 0.395 e. The zero-order valence-corrected chi connectivity index (χ0v) is 27.4. The predicted octanol–water partition coefficient (Wildman–Crippen LogP) is 4.37. The number of piperidine rings is 1. The van der Waals surface area contributed by atoms with Crippen molar-refractivity contribution >= 4 is 38.8 Å². The van der Waals surface area contributed by atoms with Crippen LogP contribution in [0.15, 0.2) is 40.5 Å². The number of morpholine rings is 1. The monoisotopic (exact) mass is 709 g/mol. The molecule has 2 aromatic carbocycles. The van der Waals surface area contributed by atoms with Crippen molar-refractivity contribution in [3.05, 3.63) is 78.6 Å². The van der Waals surface area contributed by atoms with Crippen LogP contribution in [0.25, 0.3) is 10.2 Å². The summed E-state index contributed by atoms with van der Waals surface area (Å²) in [7, 11) is 0. The third-order valence-corrected chi connectivity index (χ3v) is 10.6. The first-order valence-corrected chi connectivity index (χ1v) is 17.3. The van der Waals surface area contributed by atoms with Crippen LogP contribution in [0.4, 0.5) is 17.6 Å². The Labute approximate surface area is 281 Å². The molecule has 2 aliphatic rings. The van der Waals surface area contributed by atoms with Gasteiger partial charge in [0.15, 0.2) is 0 Å². The first-order valence-electron chi connectivity index (χ1n) is 15.6. The van der Waals surface area contributed by atoms with Gasteiger partial charge in [0.05, 0.1) is 36.0 Å². The van der Waals surface area contributed by atoms with Gasteiger partial charge in [-0.05, 0) is 37.4 Å². The molecule has 48 heavy (non-hydrogen) atoms. The molecule has 2 aliphatic heterocycles. The molecule has 2 saturated heterocycles. The second-order valence-corrected chi connectivity index (χ2v) is 14.1. The van der Waals surface area contributed by atoms with Crippen molar-refractivity contribution in [3.8, 4) is 5.75 Å². The van der Waals surface area contributed by atoms with Gasteiger partial charge >= 0.3 is 11.0 Å². The molecule has 16 heteroatoms. The van der Waals surface area contributed by atoms with Crippen LogP contribution in [0.3, 0.4) is 0 Å². The van der Waals surface area contributed by atoms with Crippen molar-refractivity contribution in [2.75, 3.05) is 45.9 Å². The number of hydrogen-bond donors (Lipinski definition) is 4. The topological polar surface area (TPSA) is 131 Å². The number of benzene rings is 2. The zero-order chi connectivity index (χ0) is 34.1. The Kier molecular flexibility index (Phi) is 10.2. The van der Waals surface area contributed by atoms with Gasteiger partial charge in [-0.25, -0.2) is 9.37 Å². The molecule has 0 bridgehead atoms. The summed E-state index contributed by atoms with van der Waals surface area (Å²) in [6.07, 6.45) is -4.85. The number of alkyl halides is 3. The minimum Gasteiger partial charge on any atom is -0.506 e. The number of fused-ring (bicyclic) bond motifs is 1. The van der Waals surface area contributed by atoms with Crippen LogP contribution in [0, 0.1) is 5.82 Å². The fourth-order valence-electron chi connectivity index (χ4n) is 6.33. The van der Waals surface area contributed by atoms with E-state index in [0.29, 0.717) is 92.0 Å². The lowest BCUT2D eigenvalue weighted by atomic mass is 9.89. The molecule has 0 radical (unpaired) electrons. The molecule has 2 aromatic heterocycles. The van der Waals surface area contributed by atoms with E-state index < -0.39 is 30.2 Å². The van der Waals surface area contributed by atoms with E-state index in [1.807, 2.05) is 6.07 Å². The van der Waals surface area contributed by atoms with Crippen LogP contribution in [0.5, 0.6) is 5.75 Å². The molecule has 1 amide bonds. The highest BCUT2D eigenvalue weighted by atomic mass is 32.1. The third kappa shape index (κ3) is 7.90. The van der Waals surface area contributed by atoms with Crippen LogP contribution in [0.2, 0.25) is 0 Å². The Balaban J connectivity index is 0.986. The van der Waals surface area contributed by atoms with E-state index in [0.717, 1.165) is 22.7 Å². The molecule has 1 atom stereocenters. The Morgan fingerprint density at radius 3 is 2.71 bits per heavy atom. The average molecular weight is 710 g/mol. The van der Waals surface area contributed by atoms with E-state index in [1.165, 1.54) is 11.4 Å².